The van der Waals surface area contributed by atoms with Crippen molar-refractivity contribution in [1.29, 1.82) is 0 Å². The first kappa shape index (κ1) is 10.5. The number of nitrogen functional groups attached to an aromatic ring is 1. The summed E-state index contributed by atoms with van der Waals surface area (Å²) in [5.74, 6) is 0. The Bertz CT molecular complexity index is 160. The van der Waals surface area contributed by atoms with Gasteiger partial charge in [-0.3, -0.25) is 0 Å². The molecule has 11 heavy (non-hydrogen) atoms. The Morgan fingerprint density at radius 3 is 1.82 bits per heavy atom. The highest BCUT2D eigenvalue weighted by Crippen LogP contribution is 2.10. The predicted octanol–water partition coefficient (Wildman–Crippen LogP) is 3.45. The Morgan fingerprint density at radius 1 is 1.18 bits per heavy atom. The average molecular weight is 216 g/mol. The van der Waals surface area contributed by atoms with Crippen molar-refractivity contribution in [3.05, 3.63) is 28.7 Å². The Hall–Kier alpha value is -0.500. The second-order valence-electron chi connectivity index (χ2n) is 2.26. The number of halogens is 1. The molecule has 0 unspecified atom stereocenters. The zero-order valence-corrected chi connectivity index (χ0v) is 8.56. The molecule has 0 aliphatic carbocycles. The molecule has 62 valence electrons. The molecular formula is C9H14BrN. The highest BCUT2D eigenvalue weighted by atomic mass is 79.9. The molecule has 0 aliphatic rings. The molecule has 0 spiro atoms. The third-order valence-corrected chi connectivity index (χ3v) is 1.40. The van der Waals surface area contributed by atoms with E-state index in [-0.39, 0.29) is 0 Å². The number of benzene rings is 1. The average Bonchev–Trinajstić information content (AvgIpc) is 1.97. The summed E-state index contributed by atoms with van der Waals surface area (Å²) in [6.45, 7) is 4.25. The lowest BCUT2D eigenvalue weighted by Crippen LogP contribution is -1.80. The van der Waals surface area contributed by atoms with Crippen molar-refractivity contribution in [1.82, 2.24) is 0 Å². The van der Waals surface area contributed by atoms with Crippen LogP contribution in [0.25, 0.3) is 0 Å². The van der Waals surface area contributed by atoms with E-state index in [2.05, 4.69) is 29.8 Å². The van der Waals surface area contributed by atoms with Gasteiger partial charge in [-0.2, -0.15) is 0 Å². The first-order valence-corrected chi connectivity index (χ1v) is 4.51. The molecule has 0 saturated heterocycles. The van der Waals surface area contributed by atoms with Crippen molar-refractivity contribution < 1.29 is 0 Å². The van der Waals surface area contributed by atoms with E-state index in [1.54, 1.807) is 0 Å². The molecule has 1 rings (SSSR count). The summed E-state index contributed by atoms with van der Waals surface area (Å²) >= 11 is 3.29. The van der Waals surface area contributed by atoms with Crippen LogP contribution in [0.5, 0.6) is 0 Å². The van der Waals surface area contributed by atoms with Crippen LogP contribution >= 0.6 is 15.9 Å². The highest BCUT2D eigenvalue weighted by molar-refractivity contribution is 9.10. The van der Waals surface area contributed by atoms with Crippen molar-refractivity contribution in [2.75, 3.05) is 5.73 Å². The van der Waals surface area contributed by atoms with Crippen LogP contribution in [0.3, 0.4) is 0 Å². The first-order valence-electron chi connectivity index (χ1n) is 3.71. The van der Waals surface area contributed by atoms with Gasteiger partial charge in [0.05, 0.1) is 0 Å². The van der Waals surface area contributed by atoms with Gasteiger partial charge in [-0.25, -0.2) is 0 Å². The zero-order chi connectivity index (χ0) is 8.69. The van der Waals surface area contributed by atoms with Gasteiger partial charge < -0.3 is 5.73 Å². The number of hydrogen-bond donors (Lipinski definition) is 1. The molecule has 0 aromatic heterocycles. The van der Waals surface area contributed by atoms with Crippen LogP contribution in [-0.2, 0) is 0 Å². The number of nitrogens with two attached hydrogens (primary N) is 1. The van der Waals surface area contributed by atoms with E-state index in [4.69, 9.17) is 5.73 Å². The molecule has 2 N–H and O–H groups in total. The molecule has 2 heteroatoms. The maximum absolute atomic E-state index is 5.41. The van der Waals surface area contributed by atoms with Gasteiger partial charge >= 0.3 is 0 Å². The summed E-state index contributed by atoms with van der Waals surface area (Å²) in [4.78, 5) is 0. The number of anilines is 1. The molecule has 1 nitrogen and oxygen atoms in total. The summed E-state index contributed by atoms with van der Waals surface area (Å²) in [6, 6.07) is 7.53. The maximum atomic E-state index is 5.41. The molecule has 0 amide bonds. The molecule has 0 fully saturated rings. The number of rotatable bonds is 0. The fourth-order valence-corrected chi connectivity index (χ4v) is 0.727. The lowest BCUT2D eigenvalue weighted by atomic mass is 10.3. The molecule has 0 bridgehead atoms. The van der Waals surface area contributed by atoms with Crippen LogP contribution in [0.4, 0.5) is 5.69 Å². The largest absolute Gasteiger partial charge is 0.399 e. The van der Waals surface area contributed by atoms with E-state index in [0.717, 1.165) is 10.2 Å². The Labute approximate surface area is 76.7 Å². The van der Waals surface area contributed by atoms with Gasteiger partial charge in [0.25, 0.3) is 0 Å². The van der Waals surface area contributed by atoms with E-state index in [9.17, 15) is 0 Å². The lowest BCUT2D eigenvalue weighted by molar-refractivity contribution is 1.09. The minimum atomic E-state index is 0.799. The molecule has 0 heterocycles. The summed E-state index contributed by atoms with van der Waals surface area (Å²) < 4.78 is 1.06. The van der Waals surface area contributed by atoms with E-state index in [1.165, 1.54) is 6.42 Å². The van der Waals surface area contributed by atoms with Gasteiger partial charge in [0.15, 0.2) is 0 Å². The van der Waals surface area contributed by atoms with Crippen LogP contribution < -0.4 is 5.73 Å². The van der Waals surface area contributed by atoms with Crippen molar-refractivity contribution in [2.24, 2.45) is 0 Å². The Morgan fingerprint density at radius 2 is 1.55 bits per heavy atom. The third kappa shape index (κ3) is 5.92. The van der Waals surface area contributed by atoms with Gasteiger partial charge in [0, 0.05) is 10.2 Å². The summed E-state index contributed by atoms with van der Waals surface area (Å²) in [5, 5.41) is 0. The number of hydrogen-bond acceptors (Lipinski definition) is 1. The second kappa shape index (κ2) is 6.23. The SMILES string of the molecule is CCC.Nc1ccc(Br)cc1. The van der Waals surface area contributed by atoms with E-state index < -0.39 is 0 Å². The predicted molar refractivity (Wildman–Crippen MR) is 54.5 cm³/mol. The molecule has 1 aromatic carbocycles. The fourth-order valence-electron chi connectivity index (χ4n) is 0.463. The van der Waals surface area contributed by atoms with Gasteiger partial charge in [0.1, 0.15) is 0 Å². The third-order valence-electron chi connectivity index (χ3n) is 0.870. The normalized spacial score (nSPS) is 8.27. The molecule has 1 aromatic rings. The smallest absolute Gasteiger partial charge is 0.0314 e. The summed E-state index contributed by atoms with van der Waals surface area (Å²) in [6.07, 6.45) is 1.25. The minimum Gasteiger partial charge on any atom is -0.399 e. The van der Waals surface area contributed by atoms with E-state index in [0.29, 0.717) is 0 Å². The van der Waals surface area contributed by atoms with Crippen LogP contribution in [0.15, 0.2) is 28.7 Å². The second-order valence-corrected chi connectivity index (χ2v) is 3.17. The van der Waals surface area contributed by atoms with Crippen LogP contribution in [0.2, 0.25) is 0 Å². The molecule has 0 saturated carbocycles. The van der Waals surface area contributed by atoms with Crippen LogP contribution in [0.1, 0.15) is 20.3 Å². The van der Waals surface area contributed by atoms with Crippen molar-refractivity contribution in [3.8, 4) is 0 Å². The van der Waals surface area contributed by atoms with Crippen LogP contribution in [0, 0.1) is 0 Å². The van der Waals surface area contributed by atoms with Crippen molar-refractivity contribution in [2.45, 2.75) is 20.3 Å². The standard InChI is InChI=1S/C6H6BrN.C3H8/c7-5-1-3-6(8)4-2-5;1-3-2/h1-4H,8H2;3H2,1-2H3. The minimum absolute atomic E-state index is 0.799. The Kier molecular flexibility index (Phi) is 5.94. The van der Waals surface area contributed by atoms with Crippen LogP contribution in [-0.4, -0.2) is 0 Å². The van der Waals surface area contributed by atoms with Crippen molar-refractivity contribution >= 4 is 21.6 Å². The first-order chi connectivity index (χ1) is 5.20. The van der Waals surface area contributed by atoms with E-state index >= 15 is 0 Å². The zero-order valence-electron chi connectivity index (χ0n) is 6.97. The summed E-state index contributed by atoms with van der Waals surface area (Å²) in [5.41, 5.74) is 6.21. The van der Waals surface area contributed by atoms with Gasteiger partial charge in [-0.15, -0.1) is 0 Å². The lowest BCUT2D eigenvalue weighted by Gasteiger charge is -1.88. The topological polar surface area (TPSA) is 26.0 Å². The fraction of sp³-hybridized carbons (Fsp3) is 0.333. The Balaban J connectivity index is 0.000000292. The quantitative estimate of drug-likeness (QED) is 0.660. The van der Waals surface area contributed by atoms with E-state index in [1.807, 2.05) is 24.3 Å². The molecule has 0 radical (unpaired) electrons. The van der Waals surface area contributed by atoms with Gasteiger partial charge in [-0.05, 0) is 24.3 Å². The highest BCUT2D eigenvalue weighted by Gasteiger charge is 1.81. The molecular weight excluding hydrogens is 202 g/mol. The maximum Gasteiger partial charge on any atom is 0.0314 e. The van der Waals surface area contributed by atoms with Gasteiger partial charge in [0.2, 0.25) is 0 Å². The van der Waals surface area contributed by atoms with Gasteiger partial charge in [-0.1, -0.05) is 36.2 Å². The molecule has 0 atom stereocenters. The van der Waals surface area contributed by atoms with Crippen molar-refractivity contribution in [3.63, 3.8) is 0 Å². The summed E-state index contributed by atoms with van der Waals surface area (Å²) in [7, 11) is 0. The molecule has 0 aliphatic heterocycles. The monoisotopic (exact) mass is 215 g/mol.